The lowest BCUT2D eigenvalue weighted by Crippen LogP contribution is -2.30. The van der Waals surface area contributed by atoms with Gasteiger partial charge in [-0.1, -0.05) is 19.1 Å². The quantitative estimate of drug-likeness (QED) is 0.666. The number of anilines is 1. The molecule has 0 aliphatic heterocycles. The highest BCUT2D eigenvalue weighted by Crippen LogP contribution is 2.27. The molecule has 1 aromatic carbocycles. The Labute approximate surface area is 125 Å². The van der Waals surface area contributed by atoms with Gasteiger partial charge in [-0.2, -0.15) is 0 Å². The predicted octanol–water partition coefficient (Wildman–Crippen LogP) is 0.923. The van der Waals surface area contributed by atoms with Crippen molar-refractivity contribution in [2.45, 2.75) is 24.7 Å². The molecule has 0 bridgehead atoms. The normalized spacial score (nSPS) is 14.9. The van der Waals surface area contributed by atoms with E-state index in [-0.39, 0.29) is 17.3 Å². The molecule has 1 aromatic rings. The van der Waals surface area contributed by atoms with Crippen LogP contribution in [0.5, 0.6) is 0 Å². The van der Waals surface area contributed by atoms with Crippen LogP contribution in [0.2, 0.25) is 0 Å². The standard InChI is InChI=1S/C14H21N3O3S/c1-2-16-21(19,20)13-6-4-3-5-12(13)17-14(18)10-15-9-11-7-8-11/h3-6,11,15-16H,2,7-10H2,1H3,(H,17,18). The van der Waals surface area contributed by atoms with Gasteiger partial charge >= 0.3 is 0 Å². The number of hydrogen-bond acceptors (Lipinski definition) is 4. The Kier molecular flexibility index (Phi) is 5.33. The molecule has 1 aliphatic rings. The highest BCUT2D eigenvalue weighted by Gasteiger charge is 2.21. The van der Waals surface area contributed by atoms with Crippen LogP contribution in [0.25, 0.3) is 0 Å². The molecule has 3 N–H and O–H groups in total. The molecule has 0 aromatic heterocycles. The molecule has 1 fully saturated rings. The maximum atomic E-state index is 12.1. The molecule has 6 nitrogen and oxygen atoms in total. The van der Waals surface area contributed by atoms with Crippen molar-refractivity contribution in [2.75, 3.05) is 25.0 Å². The lowest BCUT2D eigenvalue weighted by molar-refractivity contribution is -0.115. The molecule has 1 aliphatic carbocycles. The molecular formula is C14H21N3O3S. The molecule has 0 atom stereocenters. The summed E-state index contributed by atoms with van der Waals surface area (Å²) in [5.74, 6) is 0.453. The van der Waals surface area contributed by atoms with Gasteiger partial charge in [0.1, 0.15) is 4.90 Å². The SMILES string of the molecule is CCNS(=O)(=O)c1ccccc1NC(=O)CNCC1CC1. The maximum Gasteiger partial charge on any atom is 0.242 e. The van der Waals surface area contributed by atoms with Crippen LogP contribution in [-0.2, 0) is 14.8 Å². The number of rotatable bonds is 8. The van der Waals surface area contributed by atoms with Crippen molar-refractivity contribution >= 4 is 21.6 Å². The molecule has 0 heterocycles. The molecule has 0 radical (unpaired) electrons. The van der Waals surface area contributed by atoms with Gasteiger partial charge in [-0.15, -0.1) is 0 Å². The highest BCUT2D eigenvalue weighted by molar-refractivity contribution is 7.89. The first-order chi connectivity index (χ1) is 10.0. The summed E-state index contributed by atoms with van der Waals surface area (Å²) in [5, 5.41) is 5.72. The van der Waals surface area contributed by atoms with Crippen molar-refractivity contribution < 1.29 is 13.2 Å². The summed E-state index contributed by atoms with van der Waals surface area (Å²) >= 11 is 0. The number of benzene rings is 1. The third-order valence-electron chi connectivity index (χ3n) is 3.20. The third-order valence-corrected chi connectivity index (χ3v) is 4.80. The van der Waals surface area contributed by atoms with E-state index in [0.29, 0.717) is 18.2 Å². The summed E-state index contributed by atoms with van der Waals surface area (Å²) in [6.45, 7) is 3.03. The molecular weight excluding hydrogens is 290 g/mol. The van der Waals surface area contributed by atoms with Crippen LogP contribution < -0.4 is 15.4 Å². The van der Waals surface area contributed by atoms with E-state index < -0.39 is 10.0 Å². The van der Waals surface area contributed by atoms with Crippen LogP contribution in [0.1, 0.15) is 19.8 Å². The van der Waals surface area contributed by atoms with E-state index in [2.05, 4.69) is 15.4 Å². The number of hydrogen-bond donors (Lipinski definition) is 3. The molecule has 0 unspecified atom stereocenters. The summed E-state index contributed by atoms with van der Waals surface area (Å²) in [6.07, 6.45) is 2.44. The monoisotopic (exact) mass is 311 g/mol. The summed E-state index contributed by atoms with van der Waals surface area (Å²) in [6, 6.07) is 6.39. The molecule has 2 rings (SSSR count). The van der Waals surface area contributed by atoms with Crippen molar-refractivity contribution in [3.63, 3.8) is 0 Å². The van der Waals surface area contributed by atoms with Crippen molar-refractivity contribution in [3.8, 4) is 0 Å². The average molecular weight is 311 g/mol. The molecule has 7 heteroatoms. The van der Waals surface area contributed by atoms with Gasteiger partial charge in [0, 0.05) is 6.54 Å². The molecule has 0 saturated heterocycles. The first-order valence-corrected chi connectivity index (χ1v) is 8.60. The summed E-state index contributed by atoms with van der Waals surface area (Å²) in [5.41, 5.74) is 0.302. The van der Waals surface area contributed by atoms with Crippen LogP contribution in [0.15, 0.2) is 29.2 Å². The fraction of sp³-hybridized carbons (Fsp3) is 0.500. The van der Waals surface area contributed by atoms with Crippen LogP contribution in [0, 0.1) is 5.92 Å². The minimum absolute atomic E-state index is 0.0855. The van der Waals surface area contributed by atoms with Gasteiger partial charge in [-0.05, 0) is 37.4 Å². The minimum atomic E-state index is -3.60. The van der Waals surface area contributed by atoms with Gasteiger partial charge in [0.15, 0.2) is 0 Å². The van der Waals surface area contributed by atoms with Crippen molar-refractivity contribution in [1.29, 1.82) is 0 Å². The maximum absolute atomic E-state index is 12.1. The number of carbonyl (C=O) groups is 1. The number of sulfonamides is 1. The van der Waals surface area contributed by atoms with E-state index in [9.17, 15) is 13.2 Å². The summed E-state index contributed by atoms with van der Waals surface area (Å²) in [7, 11) is -3.60. The van der Waals surface area contributed by atoms with E-state index in [1.54, 1.807) is 25.1 Å². The molecule has 1 amide bonds. The third kappa shape index (κ3) is 4.80. The zero-order chi connectivity index (χ0) is 15.3. The van der Waals surface area contributed by atoms with Crippen molar-refractivity contribution in [1.82, 2.24) is 10.0 Å². The summed E-state index contributed by atoms with van der Waals surface area (Å²) in [4.78, 5) is 11.9. The number of para-hydroxylation sites is 1. The van der Waals surface area contributed by atoms with Crippen LogP contribution >= 0.6 is 0 Å². The van der Waals surface area contributed by atoms with E-state index >= 15 is 0 Å². The smallest absolute Gasteiger partial charge is 0.242 e. The average Bonchev–Trinajstić information content (AvgIpc) is 3.23. The van der Waals surface area contributed by atoms with E-state index in [4.69, 9.17) is 0 Å². The topological polar surface area (TPSA) is 87.3 Å². The summed E-state index contributed by atoms with van der Waals surface area (Å²) < 4.78 is 26.6. The Morgan fingerprint density at radius 1 is 1.29 bits per heavy atom. The second kappa shape index (κ2) is 7.02. The van der Waals surface area contributed by atoms with Gasteiger partial charge in [-0.3, -0.25) is 4.79 Å². The predicted molar refractivity (Wildman–Crippen MR) is 81.5 cm³/mol. The Bertz CT molecular complexity index is 597. The number of carbonyl (C=O) groups excluding carboxylic acids is 1. The first kappa shape index (κ1) is 15.9. The second-order valence-corrected chi connectivity index (χ2v) is 6.86. The number of nitrogens with one attached hydrogen (secondary N) is 3. The second-order valence-electron chi connectivity index (χ2n) is 5.12. The Morgan fingerprint density at radius 2 is 2.00 bits per heavy atom. The fourth-order valence-corrected chi connectivity index (χ4v) is 3.18. The lowest BCUT2D eigenvalue weighted by atomic mass is 10.3. The van der Waals surface area contributed by atoms with Crippen LogP contribution in [-0.4, -0.2) is 34.0 Å². The molecule has 1 saturated carbocycles. The van der Waals surface area contributed by atoms with Gasteiger partial charge in [-0.25, -0.2) is 13.1 Å². The van der Waals surface area contributed by atoms with Gasteiger partial charge in [0.2, 0.25) is 15.9 Å². The fourth-order valence-electron chi connectivity index (χ4n) is 1.98. The van der Waals surface area contributed by atoms with E-state index in [0.717, 1.165) is 6.54 Å². The zero-order valence-corrected chi connectivity index (χ0v) is 12.9. The van der Waals surface area contributed by atoms with Gasteiger partial charge < -0.3 is 10.6 Å². The zero-order valence-electron chi connectivity index (χ0n) is 12.1. The lowest BCUT2D eigenvalue weighted by Gasteiger charge is -2.12. The van der Waals surface area contributed by atoms with Gasteiger partial charge in [0.05, 0.1) is 12.2 Å². The minimum Gasteiger partial charge on any atom is -0.324 e. The van der Waals surface area contributed by atoms with E-state index in [1.807, 2.05) is 0 Å². The Hall–Kier alpha value is -1.44. The van der Waals surface area contributed by atoms with Crippen molar-refractivity contribution in [3.05, 3.63) is 24.3 Å². The largest absolute Gasteiger partial charge is 0.324 e. The first-order valence-electron chi connectivity index (χ1n) is 7.12. The van der Waals surface area contributed by atoms with Crippen LogP contribution in [0.4, 0.5) is 5.69 Å². The molecule has 21 heavy (non-hydrogen) atoms. The Morgan fingerprint density at radius 3 is 2.67 bits per heavy atom. The Balaban J connectivity index is 2.00. The van der Waals surface area contributed by atoms with Crippen LogP contribution in [0.3, 0.4) is 0 Å². The highest BCUT2D eigenvalue weighted by atomic mass is 32.2. The number of amides is 1. The molecule has 116 valence electrons. The van der Waals surface area contributed by atoms with Gasteiger partial charge in [0.25, 0.3) is 0 Å². The van der Waals surface area contributed by atoms with E-state index in [1.165, 1.54) is 18.9 Å². The molecule has 0 spiro atoms. The van der Waals surface area contributed by atoms with Crippen molar-refractivity contribution in [2.24, 2.45) is 5.92 Å².